The summed E-state index contributed by atoms with van der Waals surface area (Å²) in [6.07, 6.45) is 1.06. The van der Waals surface area contributed by atoms with Crippen LogP contribution in [0, 0.1) is 5.82 Å². The number of halogens is 3. The first-order valence-corrected chi connectivity index (χ1v) is 7.28. The van der Waals surface area contributed by atoms with Crippen molar-refractivity contribution in [1.82, 2.24) is 4.90 Å². The van der Waals surface area contributed by atoms with Crippen molar-refractivity contribution in [2.45, 2.75) is 32.9 Å². The van der Waals surface area contributed by atoms with Crippen LogP contribution >= 0.6 is 27.5 Å². The topological polar surface area (TPSA) is 3.24 Å². The lowest BCUT2D eigenvalue weighted by Gasteiger charge is -2.26. The van der Waals surface area contributed by atoms with Crippen molar-refractivity contribution in [2.24, 2.45) is 0 Å². The summed E-state index contributed by atoms with van der Waals surface area (Å²) in [4.78, 5) is 2.26. The van der Waals surface area contributed by atoms with Gasteiger partial charge in [0.1, 0.15) is 5.82 Å². The number of nitrogens with zero attached hydrogens (tertiary/aromatic N) is 1. The summed E-state index contributed by atoms with van der Waals surface area (Å²) in [6, 6.07) is 5.29. The first-order valence-electron chi connectivity index (χ1n) is 5.78. The minimum atomic E-state index is -0.220. The third-order valence-corrected chi connectivity index (χ3v) is 3.49. The molecule has 0 saturated carbocycles. The molecular formula is C13H18BrClFN. The molecule has 0 heterocycles. The number of hydrogen-bond acceptors (Lipinski definition) is 1. The van der Waals surface area contributed by atoms with E-state index in [2.05, 4.69) is 34.7 Å². The SMILES string of the molecule is CC(C)N(CCCBr)Cc1ccc(Cl)cc1F. The lowest BCUT2D eigenvalue weighted by atomic mass is 10.1. The molecule has 1 aromatic rings. The van der Waals surface area contributed by atoms with Crippen molar-refractivity contribution in [3.8, 4) is 0 Å². The Morgan fingerprint density at radius 2 is 2.12 bits per heavy atom. The minimum Gasteiger partial charge on any atom is -0.297 e. The van der Waals surface area contributed by atoms with Crippen molar-refractivity contribution < 1.29 is 4.39 Å². The van der Waals surface area contributed by atoms with Crippen molar-refractivity contribution in [3.05, 3.63) is 34.6 Å². The second kappa shape index (κ2) is 7.34. The highest BCUT2D eigenvalue weighted by Gasteiger charge is 2.12. The predicted octanol–water partition coefficient (Wildman–Crippen LogP) is 4.47. The zero-order chi connectivity index (χ0) is 12.8. The summed E-state index contributed by atoms with van der Waals surface area (Å²) in [5.41, 5.74) is 0.706. The summed E-state index contributed by atoms with van der Waals surface area (Å²) in [6.45, 7) is 5.85. The van der Waals surface area contributed by atoms with Crippen LogP contribution in [0.1, 0.15) is 25.8 Å². The third kappa shape index (κ3) is 4.94. The molecule has 17 heavy (non-hydrogen) atoms. The van der Waals surface area contributed by atoms with Gasteiger partial charge in [0.15, 0.2) is 0 Å². The van der Waals surface area contributed by atoms with E-state index in [1.165, 1.54) is 6.07 Å². The average Bonchev–Trinajstić information content (AvgIpc) is 2.26. The molecule has 0 radical (unpaired) electrons. The van der Waals surface area contributed by atoms with Crippen LogP contribution in [0.2, 0.25) is 5.02 Å². The number of benzene rings is 1. The van der Waals surface area contributed by atoms with Gasteiger partial charge >= 0.3 is 0 Å². The molecule has 0 aromatic heterocycles. The molecule has 4 heteroatoms. The quantitative estimate of drug-likeness (QED) is 0.698. The normalized spacial score (nSPS) is 11.5. The maximum absolute atomic E-state index is 13.7. The highest BCUT2D eigenvalue weighted by molar-refractivity contribution is 9.09. The molecule has 0 bridgehead atoms. The van der Waals surface area contributed by atoms with E-state index in [0.717, 1.165) is 18.3 Å². The van der Waals surface area contributed by atoms with Crippen LogP contribution in [0.25, 0.3) is 0 Å². The van der Waals surface area contributed by atoms with Crippen molar-refractivity contribution >= 4 is 27.5 Å². The Labute approximate surface area is 116 Å². The van der Waals surface area contributed by atoms with Gasteiger partial charge in [-0.3, -0.25) is 4.90 Å². The number of rotatable bonds is 6. The molecular weight excluding hydrogens is 305 g/mol. The molecule has 0 N–H and O–H groups in total. The number of alkyl halides is 1. The van der Waals surface area contributed by atoms with Gasteiger partial charge in [0, 0.05) is 28.5 Å². The lowest BCUT2D eigenvalue weighted by molar-refractivity contribution is 0.211. The molecule has 0 spiro atoms. The van der Waals surface area contributed by atoms with E-state index in [4.69, 9.17) is 11.6 Å². The Balaban J connectivity index is 2.71. The van der Waals surface area contributed by atoms with Crippen molar-refractivity contribution in [1.29, 1.82) is 0 Å². The van der Waals surface area contributed by atoms with E-state index in [0.29, 0.717) is 23.2 Å². The van der Waals surface area contributed by atoms with Crippen LogP contribution in [-0.4, -0.2) is 22.8 Å². The van der Waals surface area contributed by atoms with Crippen molar-refractivity contribution in [3.63, 3.8) is 0 Å². The van der Waals surface area contributed by atoms with Crippen LogP contribution in [0.3, 0.4) is 0 Å². The molecule has 96 valence electrons. The van der Waals surface area contributed by atoms with Gasteiger partial charge in [-0.05, 0) is 38.9 Å². The molecule has 0 atom stereocenters. The summed E-state index contributed by atoms with van der Waals surface area (Å²) in [5.74, 6) is -0.220. The minimum absolute atomic E-state index is 0.220. The Morgan fingerprint density at radius 1 is 1.41 bits per heavy atom. The second-order valence-corrected chi connectivity index (χ2v) is 5.57. The molecule has 0 amide bonds. The predicted molar refractivity (Wildman–Crippen MR) is 75.4 cm³/mol. The van der Waals surface area contributed by atoms with Crippen molar-refractivity contribution in [2.75, 3.05) is 11.9 Å². The zero-order valence-electron chi connectivity index (χ0n) is 10.2. The fourth-order valence-corrected chi connectivity index (χ4v) is 2.06. The van der Waals surface area contributed by atoms with Gasteiger partial charge in [0.25, 0.3) is 0 Å². The van der Waals surface area contributed by atoms with E-state index in [-0.39, 0.29) is 5.82 Å². The molecule has 0 unspecified atom stereocenters. The van der Waals surface area contributed by atoms with E-state index >= 15 is 0 Å². The maximum atomic E-state index is 13.7. The summed E-state index contributed by atoms with van der Waals surface area (Å²) in [5, 5.41) is 1.42. The van der Waals surface area contributed by atoms with Gasteiger partial charge in [0.05, 0.1) is 0 Å². The molecule has 0 saturated heterocycles. The zero-order valence-corrected chi connectivity index (χ0v) is 12.6. The summed E-state index contributed by atoms with van der Waals surface area (Å²) in [7, 11) is 0. The van der Waals surface area contributed by atoms with Gasteiger partial charge < -0.3 is 0 Å². The molecule has 1 rings (SSSR count). The average molecular weight is 323 g/mol. The molecule has 0 aliphatic carbocycles. The first kappa shape index (κ1) is 14.9. The highest BCUT2D eigenvalue weighted by Crippen LogP contribution is 2.17. The highest BCUT2D eigenvalue weighted by atomic mass is 79.9. The molecule has 0 aliphatic heterocycles. The van der Waals surface area contributed by atoms with Gasteiger partial charge in [-0.25, -0.2) is 4.39 Å². The van der Waals surface area contributed by atoms with Gasteiger partial charge in [0.2, 0.25) is 0 Å². The Morgan fingerprint density at radius 3 is 2.65 bits per heavy atom. The fraction of sp³-hybridized carbons (Fsp3) is 0.538. The monoisotopic (exact) mass is 321 g/mol. The van der Waals surface area contributed by atoms with Crippen LogP contribution < -0.4 is 0 Å². The fourth-order valence-electron chi connectivity index (χ4n) is 1.65. The van der Waals surface area contributed by atoms with E-state index in [9.17, 15) is 4.39 Å². The maximum Gasteiger partial charge on any atom is 0.129 e. The van der Waals surface area contributed by atoms with E-state index < -0.39 is 0 Å². The second-order valence-electron chi connectivity index (χ2n) is 4.34. The lowest BCUT2D eigenvalue weighted by Crippen LogP contribution is -2.31. The summed E-state index contributed by atoms with van der Waals surface area (Å²) < 4.78 is 13.7. The first-order chi connectivity index (χ1) is 8.04. The largest absolute Gasteiger partial charge is 0.297 e. The van der Waals surface area contributed by atoms with E-state index in [1.54, 1.807) is 12.1 Å². The molecule has 0 aliphatic rings. The molecule has 1 aromatic carbocycles. The van der Waals surface area contributed by atoms with Gasteiger partial charge in [-0.2, -0.15) is 0 Å². The van der Waals surface area contributed by atoms with Crippen LogP contribution in [-0.2, 0) is 6.54 Å². The van der Waals surface area contributed by atoms with E-state index in [1.807, 2.05) is 0 Å². The summed E-state index contributed by atoms with van der Waals surface area (Å²) >= 11 is 9.16. The van der Waals surface area contributed by atoms with Gasteiger partial charge in [-0.15, -0.1) is 0 Å². The number of hydrogen-bond donors (Lipinski definition) is 0. The molecule has 1 nitrogen and oxygen atoms in total. The Bertz CT molecular complexity index is 357. The Hall–Kier alpha value is -0.120. The van der Waals surface area contributed by atoms with Gasteiger partial charge in [-0.1, -0.05) is 33.6 Å². The smallest absolute Gasteiger partial charge is 0.129 e. The van der Waals surface area contributed by atoms with Crippen LogP contribution in [0.4, 0.5) is 4.39 Å². The standard InChI is InChI=1S/C13H18BrClFN/c1-10(2)17(7-3-6-14)9-11-4-5-12(15)8-13(11)16/h4-5,8,10H,3,6-7,9H2,1-2H3. The third-order valence-electron chi connectivity index (χ3n) is 2.70. The van der Waals surface area contributed by atoms with Crippen LogP contribution in [0.15, 0.2) is 18.2 Å². The Kier molecular flexibility index (Phi) is 6.45. The van der Waals surface area contributed by atoms with Crippen LogP contribution in [0.5, 0.6) is 0 Å². The molecule has 0 fully saturated rings.